The van der Waals surface area contributed by atoms with E-state index in [0.29, 0.717) is 0 Å². The van der Waals surface area contributed by atoms with Gasteiger partial charge in [0.15, 0.2) is 0 Å². The molecule has 0 nitrogen and oxygen atoms in total. The van der Waals surface area contributed by atoms with E-state index in [1.165, 1.54) is 32.1 Å². The molecule has 0 amide bonds. The summed E-state index contributed by atoms with van der Waals surface area (Å²) in [6, 6.07) is 0. The average molecular weight is 181 g/mol. The molecule has 1 rings (SSSR count). The van der Waals surface area contributed by atoms with E-state index in [9.17, 15) is 0 Å². The van der Waals surface area contributed by atoms with E-state index in [1.807, 2.05) is 0 Å². The number of hydrogen-bond acceptors (Lipinski definition) is 0. The zero-order chi connectivity index (χ0) is 7.40. The predicted molar refractivity (Wildman–Crippen MR) is 46.7 cm³/mol. The van der Waals surface area contributed by atoms with Gasteiger partial charge in [0.1, 0.15) is 4.84 Å². The zero-order valence-corrected chi connectivity index (χ0v) is 7.67. The second kappa shape index (κ2) is 4.46. The van der Waals surface area contributed by atoms with Gasteiger partial charge in [-0.3, -0.25) is 0 Å². The molecule has 0 saturated heterocycles. The first-order valence-electron chi connectivity index (χ1n) is 4.07. The molecule has 1 saturated carbocycles. The molecule has 0 aromatic heterocycles. The van der Waals surface area contributed by atoms with Gasteiger partial charge in [-0.15, -0.1) is 23.2 Å². The summed E-state index contributed by atoms with van der Waals surface area (Å²) in [5, 5.41) is 0. The van der Waals surface area contributed by atoms with Crippen LogP contribution in [-0.2, 0) is 0 Å². The lowest BCUT2D eigenvalue weighted by Crippen LogP contribution is -2.10. The minimum absolute atomic E-state index is 0.139. The Morgan fingerprint density at radius 3 is 2.40 bits per heavy atom. The number of rotatable bonds is 4. The summed E-state index contributed by atoms with van der Waals surface area (Å²) in [6.45, 7) is 0. The first-order valence-corrected chi connectivity index (χ1v) is 4.94. The van der Waals surface area contributed by atoms with Crippen molar-refractivity contribution >= 4 is 23.2 Å². The van der Waals surface area contributed by atoms with Gasteiger partial charge in [0.05, 0.1) is 0 Å². The summed E-state index contributed by atoms with van der Waals surface area (Å²) in [5.41, 5.74) is 0. The minimum atomic E-state index is -0.139. The Labute approximate surface area is 72.9 Å². The number of halogens is 2. The molecule has 1 fully saturated rings. The highest BCUT2D eigenvalue weighted by Gasteiger charge is 2.16. The van der Waals surface area contributed by atoms with Crippen molar-refractivity contribution in [3.8, 4) is 0 Å². The molecule has 0 radical (unpaired) electrons. The summed E-state index contributed by atoms with van der Waals surface area (Å²) in [6.07, 6.45) is 7.85. The van der Waals surface area contributed by atoms with Crippen LogP contribution in [0.15, 0.2) is 0 Å². The molecule has 10 heavy (non-hydrogen) atoms. The fourth-order valence-electron chi connectivity index (χ4n) is 1.34. The fraction of sp³-hybridized carbons (Fsp3) is 1.00. The highest BCUT2D eigenvalue weighted by molar-refractivity contribution is 6.44. The van der Waals surface area contributed by atoms with E-state index in [0.717, 1.165) is 12.3 Å². The molecule has 0 aromatic carbocycles. The highest BCUT2D eigenvalue weighted by atomic mass is 35.5. The maximum atomic E-state index is 5.59. The molecule has 0 aliphatic heterocycles. The Hall–Kier alpha value is 0.580. The maximum Gasteiger partial charge on any atom is 0.107 e. The molecule has 60 valence electrons. The van der Waals surface area contributed by atoms with E-state index in [4.69, 9.17) is 23.2 Å². The SMILES string of the molecule is ClC(Cl)CCCC1CCC1. The Kier molecular flexibility index (Phi) is 3.87. The summed E-state index contributed by atoms with van der Waals surface area (Å²) in [7, 11) is 0. The minimum Gasteiger partial charge on any atom is -0.105 e. The van der Waals surface area contributed by atoms with E-state index >= 15 is 0 Å². The van der Waals surface area contributed by atoms with Gasteiger partial charge in [-0.25, -0.2) is 0 Å². The van der Waals surface area contributed by atoms with Gasteiger partial charge < -0.3 is 0 Å². The molecule has 0 heterocycles. The van der Waals surface area contributed by atoms with Gasteiger partial charge in [-0.2, -0.15) is 0 Å². The maximum absolute atomic E-state index is 5.59. The quantitative estimate of drug-likeness (QED) is 0.579. The fourth-order valence-corrected chi connectivity index (χ4v) is 1.65. The molecular weight excluding hydrogens is 167 g/mol. The highest BCUT2D eigenvalue weighted by Crippen LogP contribution is 2.31. The second-order valence-corrected chi connectivity index (χ2v) is 4.40. The first-order chi connectivity index (χ1) is 4.79. The molecule has 0 N–H and O–H groups in total. The first kappa shape index (κ1) is 8.67. The summed E-state index contributed by atoms with van der Waals surface area (Å²) in [5.74, 6) is 1.01. The van der Waals surface area contributed by atoms with Crippen LogP contribution in [0, 0.1) is 5.92 Å². The molecule has 0 atom stereocenters. The smallest absolute Gasteiger partial charge is 0.105 e. The predicted octanol–water partition coefficient (Wildman–Crippen LogP) is 3.76. The molecule has 0 unspecified atom stereocenters. The van der Waals surface area contributed by atoms with E-state index < -0.39 is 0 Å². The van der Waals surface area contributed by atoms with Gasteiger partial charge in [-0.05, 0) is 12.3 Å². The zero-order valence-electron chi connectivity index (χ0n) is 6.15. The van der Waals surface area contributed by atoms with Crippen molar-refractivity contribution in [1.29, 1.82) is 0 Å². The second-order valence-electron chi connectivity index (χ2n) is 3.12. The largest absolute Gasteiger partial charge is 0.107 e. The molecule has 1 aliphatic carbocycles. The average Bonchev–Trinajstić information content (AvgIpc) is 1.75. The van der Waals surface area contributed by atoms with Crippen LogP contribution in [-0.4, -0.2) is 4.84 Å². The summed E-state index contributed by atoms with van der Waals surface area (Å²) in [4.78, 5) is -0.139. The van der Waals surface area contributed by atoms with Gasteiger partial charge in [0.25, 0.3) is 0 Å². The third-order valence-electron chi connectivity index (χ3n) is 2.26. The Morgan fingerprint density at radius 2 is 2.00 bits per heavy atom. The van der Waals surface area contributed by atoms with Crippen LogP contribution in [0.2, 0.25) is 0 Å². The monoisotopic (exact) mass is 180 g/mol. The molecule has 0 aromatic rings. The standard InChI is InChI=1S/C8H14Cl2/c9-8(10)6-2-5-7-3-1-4-7/h7-8H,1-6H2. The van der Waals surface area contributed by atoms with E-state index in [-0.39, 0.29) is 4.84 Å². The summed E-state index contributed by atoms with van der Waals surface area (Å²) >= 11 is 11.2. The molecule has 1 aliphatic rings. The van der Waals surface area contributed by atoms with Crippen LogP contribution in [0.5, 0.6) is 0 Å². The van der Waals surface area contributed by atoms with Crippen LogP contribution in [0.1, 0.15) is 38.5 Å². The van der Waals surface area contributed by atoms with E-state index in [2.05, 4.69) is 0 Å². The lowest BCUT2D eigenvalue weighted by molar-refractivity contribution is 0.288. The molecule has 0 bridgehead atoms. The third-order valence-corrected chi connectivity index (χ3v) is 2.70. The third kappa shape index (κ3) is 3.12. The lowest BCUT2D eigenvalue weighted by atomic mass is 9.82. The van der Waals surface area contributed by atoms with Crippen molar-refractivity contribution in [3.05, 3.63) is 0 Å². The van der Waals surface area contributed by atoms with Gasteiger partial charge >= 0.3 is 0 Å². The van der Waals surface area contributed by atoms with Crippen molar-refractivity contribution in [1.82, 2.24) is 0 Å². The van der Waals surface area contributed by atoms with Gasteiger partial charge in [0, 0.05) is 0 Å². The van der Waals surface area contributed by atoms with Gasteiger partial charge in [-0.1, -0.05) is 32.1 Å². The Balaban J connectivity index is 1.85. The van der Waals surface area contributed by atoms with Crippen LogP contribution in [0.3, 0.4) is 0 Å². The number of alkyl halides is 2. The van der Waals surface area contributed by atoms with Crippen LogP contribution in [0.25, 0.3) is 0 Å². The summed E-state index contributed by atoms with van der Waals surface area (Å²) < 4.78 is 0. The van der Waals surface area contributed by atoms with Crippen LogP contribution >= 0.6 is 23.2 Å². The van der Waals surface area contributed by atoms with Crippen molar-refractivity contribution in [2.24, 2.45) is 5.92 Å². The van der Waals surface area contributed by atoms with Crippen LogP contribution in [0.4, 0.5) is 0 Å². The number of hydrogen-bond donors (Lipinski definition) is 0. The topological polar surface area (TPSA) is 0 Å². The molecule has 2 heteroatoms. The van der Waals surface area contributed by atoms with Crippen molar-refractivity contribution in [2.75, 3.05) is 0 Å². The van der Waals surface area contributed by atoms with Crippen molar-refractivity contribution < 1.29 is 0 Å². The normalized spacial score (nSPS) is 19.5. The van der Waals surface area contributed by atoms with E-state index in [1.54, 1.807) is 0 Å². The van der Waals surface area contributed by atoms with Crippen molar-refractivity contribution in [3.63, 3.8) is 0 Å². The Morgan fingerprint density at radius 1 is 1.30 bits per heavy atom. The molecular formula is C8H14Cl2. The van der Waals surface area contributed by atoms with Crippen molar-refractivity contribution in [2.45, 2.75) is 43.4 Å². The molecule has 0 spiro atoms. The lowest BCUT2D eigenvalue weighted by Gasteiger charge is -2.24. The van der Waals surface area contributed by atoms with Gasteiger partial charge in [0.2, 0.25) is 0 Å². The Bertz CT molecular complexity index is 87.3. The van der Waals surface area contributed by atoms with Crippen LogP contribution < -0.4 is 0 Å².